The van der Waals surface area contributed by atoms with Gasteiger partial charge < -0.3 is 9.72 Å². The molecular weight excluding hydrogens is 408 g/mol. The Kier molecular flexibility index (Phi) is 4.41. The van der Waals surface area contributed by atoms with E-state index in [-0.39, 0.29) is 10.8 Å². The average molecular weight is 431 g/mol. The van der Waals surface area contributed by atoms with Crippen molar-refractivity contribution < 1.29 is 13.2 Å². The number of sulfonamides is 1. The highest BCUT2D eigenvalue weighted by molar-refractivity contribution is 7.93. The Morgan fingerprint density at radius 1 is 1.06 bits per heavy atom. The number of ether oxygens (including phenoxy) is 1. The van der Waals surface area contributed by atoms with E-state index >= 15 is 0 Å². The second kappa shape index (κ2) is 7.03. The molecule has 1 N–H and O–H groups in total. The third kappa shape index (κ3) is 2.86. The number of anilines is 2. The van der Waals surface area contributed by atoms with Crippen LogP contribution in [0.3, 0.4) is 0 Å². The van der Waals surface area contributed by atoms with Crippen molar-refractivity contribution in [3.05, 3.63) is 96.1 Å². The van der Waals surface area contributed by atoms with Gasteiger partial charge >= 0.3 is 0 Å². The van der Waals surface area contributed by atoms with Crippen LogP contribution in [0.4, 0.5) is 11.5 Å². The number of hydrogen-bond donors (Lipinski definition) is 1. The van der Waals surface area contributed by atoms with Crippen molar-refractivity contribution in [3.63, 3.8) is 0 Å². The highest BCUT2D eigenvalue weighted by Gasteiger charge is 2.39. The monoisotopic (exact) mass is 430 g/mol. The molecule has 0 saturated carbocycles. The maximum atomic E-state index is 13.9. The molecule has 0 spiro atoms. The van der Waals surface area contributed by atoms with Crippen molar-refractivity contribution in [3.8, 4) is 5.75 Å². The van der Waals surface area contributed by atoms with Crippen LogP contribution in [0, 0.1) is 6.92 Å². The number of nitrogens with one attached hydrogen (secondary N) is 1. The Morgan fingerprint density at radius 3 is 2.52 bits per heavy atom. The normalized spacial score (nSPS) is 15.4. The zero-order valence-corrected chi connectivity index (χ0v) is 18.1. The minimum atomic E-state index is -3.86. The van der Waals surface area contributed by atoms with Crippen molar-refractivity contribution in [2.75, 3.05) is 11.4 Å². The smallest absolute Gasteiger partial charge is 0.269 e. The summed E-state index contributed by atoms with van der Waals surface area (Å²) in [5, 5.41) is 0.915. The molecule has 0 fully saturated rings. The van der Waals surface area contributed by atoms with Gasteiger partial charge in [0.1, 0.15) is 11.6 Å². The molecule has 5 nitrogen and oxygen atoms in total. The van der Waals surface area contributed by atoms with Crippen molar-refractivity contribution in [1.82, 2.24) is 4.98 Å². The van der Waals surface area contributed by atoms with Gasteiger partial charge in [0.15, 0.2) is 0 Å². The largest absolute Gasteiger partial charge is 0.497 e. The third-order valence-electron chi connectivity index (χ3n) is 5.82. The first-order valence-corrected chi connectivity index (χ1v) is 11.4. The number of aryl methyl sites for hydroxylation is 1. The van der Waals surface area contributed by atoms with E-state index in [1.165, 1.54) is 4.31 Å². The molecule has 1 aromatic heterocycles. The van der Waals surface area contributed by atoms with Crippen LogP contribution in [-0.2, 0) is 10.0 Å². The van der Waals surface area contributed by atoms with Gasteiger partial charge in [-0.2, -0.15) is 0 Å². The first kappa shape index (κ1) is 19.5. The number of allylic oxidation sites excluding steroid dienone is 1. The summed E-state index contributed by atoms with van der Waals surface area (Å²) in [6.07, 6.45) is 1.86. The van der Waals surface area contributed by atoms with Gasteiger partial charge in [0.05, 0.1) is 17.7 Å². The van der Waals surface area contributed by atoms with Crippen LogP contribution in [-0.4, -0.2) is 20.5 Å². The summed E-state index contributed by atoms with van der Waals surface area (Å²) in [5.74, 6) is 1.09. The number of aromatic nitrogens is 1. The molecule has 0 amide bonds. The Labute approximate surface area is 181 Å². The maximum Gasteiger partial charge on any atom is 0.269 e. The molecule has 31 heavy (non-hydrogen) atoms. The topological polar surface area (TPSA) is 62.4 Å². The van der Waals surface area contributed by atoms with E-state index in [0.717, 1.165) is 27.6 Å². The van der Waals surface area contributed by atoms with Crippen LogP contribution in [0.5, 0.6) is 5.75 Å². The minimum absolute atomic E-state index is 0.156. The highest BCUT2D eigenvalue weighted by Crippen LogP contribution is 2.51. The van der Waals surface area contributed by atoms with E-state index in [9.17, 15) is 8.42 Å². The Balaban J connectivity index is 1.85. The van der Waals surface area contributed by atoms with Crippen molar-refractivity contribution in [2.45, 2.75) is 17.7 Å². The Morgan fingerprint density at radius 2 is 1.81 bits per heavy atom. The molecule has 0 aliphatic carbocycles. The van der Waals surface area contributed by atoms with E-state index in [2.05, 4.69) is 11.6 Å². The molecule has 1 aliphatic heterocycles. The van der Waals surface area contributed by atoms with Crippen molar-refractivity contribution in [2.24, 2.45) is 0 Å². The fourth-order valence-corrected chi connectivity index (χ4v) is 5.80. The fourth-order valence-electron chi connectivity index (χ4n) is 4.30. The first-order chi connectivity index (χ1) is 15.0. The Hall–Kier alpha value is -3.51. The first-order valence-electron chi connectivity index (χ1n) is 9.99. The SMILES string of the molecule is C=CC1c2ccccc2N(S(=O)(=O)c2ccc(C)cc2)c2[nH]c3ccc(OC)cc3c21. The lowest BCUT2D eigenvalue weighted by Crippen LogP contribution is -2.31. The predicted octanol–water partition coefficient (Wildman–Crippen LogP) is 5.64. The molecule has 0 bridgehead atoms. The number of methoxy groups -OCH3 is 1. The quantitative estimate of drug-likeness (QED) is 0.426. The van der Waals surface area contributed by atoms with Crippen LogP contribution in [0.2, 0.25) is 0 Å². The number of fused-ring (bicyclic) bond motifs is 4. The molecule has 5 rings (SSSR count). The van der Waals surface area contributed by atoms with Gasteiger partial charge in [-0.05, 0) is 48.9 Å². The number of nitrogens with zero attached hydrogens (tertiary/aromatic N) is 1. The van der Waals surface area contributed by atoms with Gasteiger partial charge in [0.25, 0.3) is 10.0 Å². The van der Waals surface area contributed by atoms with Gasteiger partial charge in [-0.25, -0.2) is 12.7 Å². The second-order valence-electron chi connectivity index (χ2n) is 7.65. The van der Waals surface area contributed by atoms with Crippen LogP contribution in [0.25, 0.3) is 10.9 Å². The summed E-state index contributed by atoms with van der Waals surface area (Å²) in [4.78, 5) is 3.60. The molecule has 1 unspecified atom stereocenters. The molecule has 0 radical (unpaired) electrons. The van der Waals surface area contributed by atoms with E-state index in [0.29, 0.717) is 17.3 Å². The van der Waals surface area contributed by atoms with Crippen molar-refractivity contribution in [1.29, 1.82) is 0 Å². The van der Waals surface area contributed by atoms with Gasteiger partial charge in [-0.15, -0.1) is 6.58 Å². The number of H-pyrrole nitrogens is 1. The van der Waals surface area contributed by atoms with E-state index in [1.807, 2.05) is 67.6 Å². The lowest BCUT2D eigenvalue weighted by molar-refractivity contribution is 0.415. The lowest BCUT2D eigenvalue weighted by Gasteiger charge is -2.33. The molecule has 2 heterocycles. The zero-order valence-electron chi connectivity index (χ0n) is 17.3. The van der Waals surface area contributed by atoms with E-state index < -0.39 is 10.0 Å². The van der Waals surface area contributed by atoms with Crippen LogP contribution >= 0.6 is 0 Å². The third-order valence-corrected chi connectivity index (χ3v) is 7.55. The summed E-state index contributed by atoms with van der Waals surface area (Å²) < 4.78 is 34.6. The van der Waals surface area contributed by atoms with E-state index in [4.69, 9.17) is 4.74 Å². The lowest BCUT2D eigenvalue weighted by atomic mass is 9.87. The molecule has 1 aliphatic rings. The van der Waals surface area contributed by atoms with Crippen LogP contribution in [0.15, 0.2) is 84.3 Å². The summed E-state index contributed by atoms with van der Waals surface area (Å²) in [6.45, 7) is 5.99. The molecule has 0 saturated heterocycles. The molecule has 1 atom stereocenters. The molecule has 6 heteroatoms. The summed E-state index contributed by atoms with van der Waals surface area (Å²) in [5.41, 5.74) is 4.24. The zero-order chi connectivity index (χ0) is 21.8. The van der Waals surface area contributed by atoms with Gasteiger partial charge in [-0.3, -0.25) is 0 Å². The number of hydrogen-bond acceptors (Lipinski definition) is 3. The predicted molar refractivity (Wildman–Crippen MR) is 124 cm³/mol. The number of benzene rings is 3. The average Bonchev–Trinajstić information content (AvgIpc) is 3.15. The second-order valence-corrected chi connectivity index (χ2v) is 9.44. The molecule has 3 aromatic carbocycles. The Bertz CT molecular complexity index is 1420. The standard InChI is InChI=1S/C25H22N2O3S/c1-4-19-20-7-5-6-8-23(20)27(31(28,29)18-12-9-16(2)10-13-18)25-24(19)21-15-17(30-3)11-14-22(21)26-25/h4-15,19,26H,1H2,2-3H3. The molecular formula is C25H22N2O3S. The minimum Gasteiger partial charge on any atom is -0.497 e. The van der Waals surface area contributed by atoms with Crippen LogP contribution in [0.1, 0.15) is 22.6 Å². The van der Waals surface area contributed by atoms with Gasteiger partial charge in [0, 0.05) is 22.4 Å². The van der Waals surface area contributed by atoms with E-state index in [1.54, 1.807) is 19.2 Å². The number of para-hydroxylation sites is 1. The molecule has 4 aromatic rings. The maximum absolute atomic E-state index is 13.9. The fraction of sp³-hybridized carbons (Fsp3) is 0.120. The summed E-state index contributed by atoms with van der Waals surface area (Å²) in [7, 11) is -2.24. The van der Waals surface area contributed by atoms with Gasteiger partial charge in [0.2, 0.25) is 0 Å². The van der Waals surface area contributed by atoms with Crippen LogP contribution < -0.4 is 9.04 Å². The number of aromatic amines is 1. The molecule has 156 valence electrons. The highest BCUT2D eigenvalue weighted by atomic mass is 32.2. The van der Waals surface area contributed by atoms with Gasteiger partial charge in [-0.1, -0.05) is 42.0 Å². The summed E-state index contributed by atoms with van der Waals surface area (Å²) >= 11 is 0. The summed E-state index contributed by atoms with van der Waals surface area (Å²) in [6, 6.07) is 20.2. The number of rotatable bonds is 4. The van der Waals surface area contributed by atoms with Crippen molar-refractivity contribution >= 4 is 32.4 Å².